The number of carbonyl (C=O) groups excluding carboxylic acids is 2. The van der Waals surface area contributed by atoms with Crippen molar-refractivity contribution in [3.63, 3.8) is 0 Å². The molecule has 2 N–H and O–H groups in total. The van der Waals surface area contributed by atoms with E-state index in [0.717, 1.165) is 31.4 Å². The van der Waals surface area contributed by atoms with Gasteiger partial charge in [0.15, 0.2) is 11.6 Å². The van der Waals surface area contributed by atoms with E-state index >= 15 is 0 Å². The van der Waals surface area contributed by atoms with Gasteiger partial charge < -0.3 is 15.5 Å². The Morgan fingerprint density at radius 2 is 1.91 bits per heavy atom. The van der Waals surface area contributed by atoms with Crippen molar-refractivity contribution in [3.05, 3.63) is 29.8 Å². The first-order chi connectivity index (χ1) is 11.0. The van der Waals surface area contributed by atoms with Crippen molar-refractivity contribution in [2.45, 2.75) is 31.7 Å². The molecule has 3 rings (SSSR count). The van der Waals surface area contributed by atoms with Crippen LogP contribution in [-0.4, -0.2) is 36.0 Å². The maximum Gasteiger partial charge on any atom is 0.317 e. The lowest BCUT2D eigenvalue weighted by Gasteiger charge is -2.32. The number of hydrogen-bond acceptors (Lipinski definition) is 2. The highest BCUT2D eigenvalue weighted by molar-refractivity contribution is 5.93. The molecule has 0 radical (unpaired) electrons. The molecule has 0 aromatic heterocycles. The SMILES string of the molecule is O=C(Nc1ccc(F)c(F)c1)C1CCCN(C(=O)NC2CC2)C1. The molecule has 1 saturated carbocycles. The van der Waals surface area contributed by atoms with Gasteiger partial charge in [-0.2, -0.15) is 0 Å². The summed E-state index contributed by atoms with van der Waals surface area (Å²) in [6.45, 7) is 0.974. The van der Waals surface area contributed by atoms with Crippen molar-refractivity contribution in [3.8, 4) is 0 Å². The average molecular weight is 323 g/mol. The Morgan fingerprint density at radius 1 is 1.13 bits per heavy atom. The molecule has 1 aliphatic heterocycles. The summed E-state index contributed by atoms with van der Waals surface area (Å²) in [5.74, 6) is -2.58. The zero-order valence-corrected chi connectivity index (χ0v) is 12.6. The minimum Gasteiger partial charge on any atom is -0.335 e. The van der Waals surface area contributed by atoms with E-state index in [9.17, 15) is 18.4 Å². The molecule has 124 valence electrons. The molecule has 1 aromatic carbocycles. The first-order valence-electron chi connectivity index (χ1n) is 7.84. The molecular weight excluding hydrogens is 304 g/mol. The summed E-state index contributed by atoms with van der Waals surface area (Å²) < 4.78 is 26.1. The summed E-state index contributed by atoms with van der Waals surface area (Å²) >= 11 is 0. The summed E-state index contributed by atoms with van der Waals surface area (Å²) in [6.07, 6.45) is 3.44. The van der Waals surface area contributed by atoms with Crippen molar-refractivity contribution >= 4 is 17.6 Å². The second-order valence-corrected chi connectivity index (χ2v) is 6.13. The maximum atomic E-state index is 13.2. The fourth-order valence-electron chi connectivity index (χ4n) is 2.69. The normalized spacial score (nSPS) is 21.0. The molecule has 2 aliphatic rings. The first kappa shape index (κ1) is 15.7. The molecule has 1 aliphatic carbocycles. The minimum absolute atomic E-state index is 0.127. The lowest BCUT2D eigenvalue weighted by atomic mass is 9.97. The Labute approximate surface area is 133 Å². The van der Waals surface area contributed by atoms with Crippen LogP contribution in [0.2, 0.25) is 0 Å². The molecule has 0 bridgehead atoms. The number of urea groups is 1. The first-order valence-corrected chi connectivity index (χ1v) is 7.84. The molecule has 1 atom stereocenters. The number of halogens is 2. The van der Waals surface area contributed by atoms with Crippen LogP contribution >= 0.6 is 0 Å². The van der Waals surface area contributed by atoms with Gasteiger partial charge in [0.05, 0.1) is 5.92 Å². The Balaban J connectivity index is 1.57. The molecular formula is C16H19F2N3O2. The predicted octanol–water partition coefficient (Wildman–Crippen LogP) is 2.49. The highest BCUT2D eigenvalue weighted by Crippen LogP contribution is 2.22. The topological polar surface area (TPSA) is 61.4 Å². The van der Waals surface area contributed by atoms with E-state index in [1.54, 1.807) is 4.90 Å². The van der Waals surface area contributed by atoms with Crippen molar-refractivity contribution in [1.29, 1.82) is 0 Å². The van der Waals surface area contributed by atoms with Gasteiger partial charge >= 0.3 is 6.03 Å². The Hall–Kier alpha value is -2.18. The lowest BCUT2D eigenvalue weighted by Crippen LogP contribution is -2.48. The van der Waals surface area contributed by atoms with Crippen LogP contribution in [0.3, 0.4) is 0 Å². The van der Waals surface area contributed by atoms with Gasteiger partial charge in [-0.05, 0) is 37.8 Å². The fourth-order valence-corrected chi connectivity index (χ4v) is 2.69. The zero-order chi connectivity index (χ0) is 16.4. The van der Waals surface area contributed by atoms with Crippen molar-refractivity contribution in [2.75, 3.05) is 18.4 Å². The lowest BCUT2D eigenvalue weighted by molar-refractivity contribution is -0.121. The van der Waals surface area contributed by atoms with E-state index in [1.807, 2.05) is 0 Å². The van der Waals surface area contributed by atoms with Gasteiger partial charge in [0.2, 0.25) is 5.91 Å². The van der Waals surface area contributed by atoms with Crippen LogP contribution < -0.4 is 10.6 Å². The number of nitrogens with zero attached hydrogens (tertiary/aromatic N) is 1. The number of nitrogens with one attached hydrogen (secondary N) is 2. The average Bonchev–Trinajstić information content (AvgIpc) is 3.35. The van der Waals surface area contributed by atoms with E-state index in [1.165, 1.54) is 6.07 Å². The highest BCUT2D eigenvalue weighted by atomic mass is 19.2. The van der Waals surface area contributed by atoms with E-state index < -0.39 is 11.6 Å². The zero-order valence-electron chi connectivity index (χ0n) is 12.6. The van der Waals surface area contributed by atoms with Crippen LogP contribution in [0.5, 0.6) is 0 Å². The van der Waals surface area contributed by atoms with E-state index in [4.69, 9.17) is 0 Å². The van der Waals surface area contributed by atoms with Gasteiger partial charge in [-0.3, -0.25) is 4.79 Å². The largest absolute Gasteiger partial charge is 0.335 e. The number of amides is 3. The number of benzene rings is 1. The van der Waals surface area contributed by atoms with Crippen LogP contribution in [-0.2, 0) is 4.79 Å². The second-order valence-electron chi connectivity index (χ2n) is 6.13. The molecule has 1 saturated heterocycles. The molecule has 7 heteroatoms. The molecule has 23 heavy (non-hydrogen) atoms. The molecule has 1 unspecified atom stereocenters. The van der Waals surface area contributed by atoms with E-state index in [-0.39, 0.29) is 29.6 Å². The summed E-state index contributed by atoms with van der Waals surface area (Å²) in [7, 11) is 0. The van der Waals surface area contributed by atoms with Crippen LogP contribution in [0.15, 0.2) is 18.2 Å². The smallest absolute Gasteiger partial charge is 0.317 e. The molecule has 2 fully saturated rings. The van der Waals surface area contributed by atoms with Gasteiger partial charge in [0.25, 0.3) is 0 Å². The van der Waals surface area contributed by atoms with Crippen LogP contribution in [0.25, 0.3) is 0 Å². The van der Waals surface area contributed by atoms with Gasteiger partial charge in [-0.1, -0.05) is 0 Å². The number of piperidine rings is 1. The molecule has 3 amide bonds. The van der Waals surface area contributed by atoms with E-state index in [0.29, 0.717) is 19.5 Å². The predicted molar refractivity (Wildman–Crippen MR) is 80.8 cm³/mol. The molecule has 1 heterocycles. The van der Waals surface area contributed by atoms with Gasteiger partial charge in [-0.15, -0.1) is 0 Å². The Morgan fingerprint density at radius 3 is 2.61 bits per heavy atom. The van der Waals surface area contributed by atoms with E-state index in [2.05, 4.69) is 10.6 Å². The number of hydrogen-bond donors (Lipinski definition) is 2. The summed E-state index contributed by atoms with van der Waals surface area (Å²) in [5.41, 5.74) is 0.216. The Bertz CT molecular complexity index is 619. The Kier molecular flexibility index (Phi) is 4.45. The standard InChI is InChI=1S/C16H19F2N3O2/c17-13-6-5-12(8-14(13)18)19-15(22)10-2-1-7-21(9-10)16(23)20-11-3-4-11/h5-6,8,10-11H,1-4,7,9H2,(H,19,22)(H,20,23). The van der Waals surface area contributed by atoms with Gasteiger partial charge in [0, 0.05) is 30.9 Å². The highest BCUT2D eigenvalue weighted by Gasteiger charge is 2.31. The van der Waals surface area contributed by atoms with Crippen LogP contribution in [0, 0.1) is 17.6 Å². The number of carbonyl (C=O) groups is 2. The van der Waals surface area contributed by atoms with Crippen LogP contribution in [0.4, 0.5) is 19.3 Å². The van der Waals surface area contributed by atoms with Gasteiger partial charge in [0.1, 0.15) is 0 Å². The fraction of sp³-hybridized carbons (Fsp3) is 0.500. The minimum atomic E-state index is -1.00. The number of anilines is 1. The van der Waals surface area contributed by atoms with Gasteiger partial charge in [-0.25, -0.2) is 13.6 Å². The quantitative estimate of drug-likeness (QED) is 0.898. The van der Waals surface area contributed by atoms with Crippen molar-refractivity contribution in [1.82, 2.24) is 10.2 Å². The number of rotatable bonds is 3. The van der Waals surface area contributed by atoms with Crippen molar-refractivity contribution in [2.24, 2.45) is 5.92 Å². The third-order valence-corrected chi connectivity index (χ3v) is 4.17. The third-order valence-electron chi connectivity index (χ3n) is 4.17. The summed E-state index contributed by atoms with van der Waals surface area (Å²) in [6, 6.07) is 3.39. The monoisotopic (exact) mass is 323 g/mol. The summed E-state index contributed by atoms with van der Waals surface area (Å²) in [5, 5.41) is 5.50. The maximum absolute atomic E-state index is 13.2. The molecule has 1 aromatic rings. The second kappa shape index (κ2) is 6.52. The van der Waals surface area contributed by atoms with Crippen molar-refractivity contribution < 1.29 is 18.4 Å². The summed E-state index contributed by atoms with van der Waals surface area (Å²) in [4.78, 5) is 26.0. The molecule has 0 spiro atoms. The number of likely N-dealkylation sites (tertiary alicyclic amines) is 1. The third kappa shape index (κ3) is 3.97. The molecule has 5 nitrogen and oxygen atoms in total. The van der Waals surface area contributed by atoms with Crippen LogP contribution in [0.1, 0.15) is 25.7 Å².